The number of allylic oxidation sites excluding steroid dienone is 14. The maximum atomic E-state index is 12.9. The zero-order valence-electron chi connectivity index (χ0n) is 51.7. The molecule has 6 heteroatoms. The minimum Gasteiger partial charge on any atom is -0.462 e. The summed E-state index contributed by atoms with van der Waals surface area (Å²) in [6, 6.07) is 0. The van der Waals surface area contributed by atoms with Crippen LogP contribution in [0.25, 0.3) is 0 Å². The predicted molar refractivity (Wildman–Crippen MR) is 339 cm³/mol. The Balaban J connectivity index is 4.21. The van der Waals surface area contributed by atoms with E-state index in [9.17, 15) is 14.4 Å². The lowest BCUT2D eigenvalue weighted by atomic mass is 10.0. The highest BCUT2D eigenvalue weighted by Gasteiger charge is 2.19. The summed E-state index contributed by atoms with van der Waals surface area (Å²) < 4.78 is 16.9. The van der Waals surface area contributed by atoms with Crippen molar-refractivity contribution in [1.29, 1.82) is 0 Å². The van der Waals surface area contributed by atoms with Crippen LogP contribution >= 0.6 is 0 Å². The maximum absolute atomic E-state index is 12.9. The van der Waals surface area contributed by atoms with Gasteiger partial charge >= 0.3 is 17.9 Å². The Labute approximate surface area is 484 Å². The molecule has 0 aromatic carbocycles. The summed E-state index contributed by atoms with van der Waals surface area (Å²) in [5.41, 5.74) is 0. The van der Waals surface area contributed by atoms with Gasteiger partial charge in [-0.3, -0.25) is 14.4 Å². The maximum Gasteiger partial charge on any atom is 0.306 e. The Morgan fingerprint density at radius 3 is 0.795 bits per heavy atom. The van der Waals surface area contributed by atoms with Crippen molar-refractivity contribution in [1.82, 2.24) is 0 Å². The second kappa shape index (κ2) is 66.1. The summed E-state index contributed by atoms with van der Waals surface area (Å²) in [6.45, 7) is 6.53. The average molecular weight is 1090 g/mol. The molecule has 0 rings (SSSR count). The molecule has 0 fully saturated rings. The van der Waals surface area contributed by atoms with E-state index in [0.717, 1.165) is 109 Å². The predicted octanol–water partition coefficient (Wildman–Crippen LogP) is 23.1. The molecule has 6 nitrogen and oxygen atoms in total. The lowest BCUT2D eigenvalue weighted by Gasteiger charge is -2.18. The quantitative estimate of drug-likeness (QED) is 0.0261. The topological polar surface area (TPSA) is 78.9 Å². The molecule has 0 spiro atoms. The Hall–Kier alpha value is -3.41. The smallest absolute Gasteiger partial charge is 0.306 e. The zero-order valence-corrected chi connectivity index (χ0v) is 51.7. The van der Waals surface area contributed by atoms with Gasteiger partial charge in [-0.1, -0.05) is 286 Å². The number of carbonyl (C=O) groups excluding carboxylic acids is 3. The lowest BCUT2D eigenvalue weighted by Crippen LogP contribution is -2.30. The summed E-state index contributed by atoms with van der Waals surface area (Å²) in [7, 11) is 0. The van der Waals surface area contributed by atoms with Crippen LogP contribution in [0.5, 0.6) is 0 Å². The molecule has 0 saturated heterocycles. The van der Waals surface area contributed by atoms with Crippen LogP contribution in [0.1, 0.15) is 335 Å². The Morgan fingerprint density at radius 2 is 0.500 bits per heavy atom. The molecule has 1 unspecified atom stereocenters. The molecule has 0 amide bonds. The Bertz CT molecular complexity index is 1480. The van der Waals surface area contributed by atoms with Gasteiger partial charge in [-0.05, 0) is 116 Å². The van der Waals surface area contributed by atoms with E-state index in [-0.39, 0.29) is 31.1 Å². The fraction of sp³-hybridized carbons (Fsp3) is 0.764. The number of unbranched alkanes of at least 4 members (excludes halogenated alkanes) is 36. The van der Waals surface area contributed by atoms with Crippen LogP contribution in [-0.2, 0) is 28.6 Å². The van der Waals surface area contributed by atoms with E-state index in [1.165, 1.54) is 186 Å². The molecule has 0 bridgehead atoms. The van der Waals surface area contributed by atoms with Crippen molar-refractivity contribution in [2.24, 2.45) is 0 Å². The van der Waals surface area contributed by atoms with E-state index >= 15 is 0 Å². The van der Waals surface area contributed by atoms with Gasteiger partial charge in [0.1, 0.15) is 13.2 Å². The van der Waals surface area contributed by atoms with E-state index in [0.29, 0.717) is 19.3 Å². The largest absolute Gasteiger partial charge is 0.462 e. The second-order valence-corrected chi connectivity index (χ2v) is 22.3. The molecule has 0 heterocycles. The fourth-order valence-electron chi connectivity index (χ4n) is 9.58. The third kappa shape index (κ3) is 63.4. The Kier molecular flexibility index (Phi) is 63.2. The molecule has 450 valence electrons. The third-order valence-corrected chi connectivity index (χ3v) is 14.6. The van der Waals surface area contributed by atoms with Gasteiger partial charge < -0.3 is 14.2 Å². The van der Waals surface area contributed by atoms with E-state index in [1.54, 1.807) is 0 Å². The van der Waals surface area contributed by atoms with Crippen LogP contribution in [0.3, 0.4) is 0 Å². The van der Waals surface area contributed by atoms with Crippen LogP contribution < -0.4 is 0 Å². The van der Waals surface area contributed by atoms with Gasteiger partial charge in [-0.25, -0.2) is 0 Å². The van der Waals surface area contributed by atoms with E-state index in [1.807, 2.05) is 0 Å². The second-order valence-electron chi connectivity index (χ2n) is 22.3. The molecular formula is C72H126O6. The normalized spacial score (nSPS) is 12.6. The van der Waals surface area contributed by atoms with Gasteiger partial charge in [-0.15, -0.1) is 0 Å². The number of hydrogen-bond donors (Lipinski definition) is 0. The monoisotopic (exact) mass is 1090 g/mol. The minimum atomic E-state index is -0.783. The summed E-state index contributed by atoms with van der Waals surface area (Å²) in [4.78, 5) is 38.3. The summed E-state index contributed by atoms with van der Waals surface area (Å²) in [5, 5.41) is 0. The first-order valence-electron chi connectivity index (χ1n) is 33.6. The van der Waals surface area contributed by atoms with E-state index in [2.05, 4.69) is 106 Å². The van der Waals surface area contributed by atoms with Gasteiger partial charge in [0.15, 0.2) is 6.10 Å². The van der Waals surface area contributed by atoms with E-state index in [4.69, 9.17) is 14.2 Å². The molecule has 0 aliphatic heterocycles. The third-order valence-electron chi connectivity index (χ3n) is 14.6. The minimum absolute atomic E-state index is 0.0794. The number of esters is 3. The van der Waals surface area contributed by atoms with Crippen LogP contribution in [0.15, 0.2) is 85.1 Å². The van der Waals surface area contributed by atoms with Crippen molar-refractivity contribution in [3.05, 3.63) is 85.1 Å². The van der Waals surface area contributed by atoms with Crippen molar-refractivity contribution < 1.29 is 28.6 Å². The molecule has 0 radical (unpaired) electrons. The van der Waals surface area contributed by atoms with E-state index < -0.39 is 6.10 Å². The molecule has 0 aromatic heterocycles. The SMILES string of the molecule is CC/C=C\C/C=C\C/C=C\C/C=C\C/C=C\CCCCCCCCCCCCCCCCCC(=O)OCC(COC(=O)CCCCCCC/C=C\CCCCCCC)OC(=O)CCCCCCC/C=C\CCCCCCCC. The fourth-order valence-corrected chi connectivity index (χ4v) is 9.58. The number of ether oxygens (including phenoxy) is 3. The molecule has 0 aliphatic rings. The van der Waals surface area contributed by atoms with Crippen LogP contribution in [-0.4, -0.2) is 37.2 Å². The lowest BCUT2D eigenvalue weighted by molar-refractivity contribution is -0.167. The van der Waals surface area contributed by atoms with Crippen molar-refractivity contribution in [2.75, 3.05) is 13.2 Å². The number of hydrogen-bond acceptors (Lipinski definition) is 6. The van der Waals surface area contributed by atoms with Gasteiger partial charge in [-0.2, -0.15) is 0 Å². The highest BCUT2D eigenvalue weighted by atomic mass is 16.6. The molecule has 0 aromatic rings. The summed E-state index contributed by atoms with van der Waals surface area (Å²) in [5.74, 6) is -0.882. The highest BCUT2D eigenvalue weighted by Crippen LogP contribution is 2.17. The van der Waals surface area contributed by atoms with Crippen molar-refractivity contribution >= 4 is 17.9 Å². The molecular weight excluding hydrogens is 961 g/mol. The van der Waals surface area contributed by atoms with Gasteiger partial charge in [0.2, 0.25) is 0 Å². The van der Waals surface area contributed by atoms with Crippen molar-refractivity contribution in [3.63, 3.8) is 0 Å². The molecule has 0 saturated carbocycles. The van der Waals surface area contributed by atoms with Crippen molar-refractivity contribution in [2.45, 2.75) is 341 Å². The number of rotatable bonds is 61. The summed E-state index contributed by atoms with van der Waals surface area (Å²) >= 11 is 0. The first kappa shape index (κ1) is 74.6. The van der Waals surface area contributed by atoms with Crippen molar-refractivity contribution in [3.8, 4) is 0 Å². The number of carbonyl (C=O) groups is 3. The molecule has 78 heavy (non-hydrogen) atoms. The van der Waals surface area contributed by atoms with Crippen LogP contribution in [0.4, 0.5) is 0 Å². The van der Waals surface area contributed by atoms with Crippen LogP contribution in [0, 0.1) is 0 Å². The van der Waals surface area contributed by atoms with Crippen LogP contribution in [0.2, 0.25) is 0 Å². The van der Waals surface area contributed by atoms with Gasteiger partial charge in [0.05, 0.1) is 0 Å². The molecule has 0 aliphatic carbocycles. The standard InChI is InChI=1S/C72H126O6/c1-4-7-10-13-16-19-22-25-28-29-30-31-32-33-34-35-36-37-38-39-40-41-42-43-45-47-50-53-56-59-62-65-71(74)77-68-69(67-76-70(73)64-61-58-55-52-49-46-27-24-21-18-15-12-9-6-3)78-72(75)66-63-60-57-54-51-48-44-26-23-20-17-14-11-8-5-2/h7,10,16,19,24-28,30-31,33-34,44,69H,4-6,8-9,11-15,17-18,20-23,29,32,35-43,45-68H2,1-3H3/b10-7-,19-16-,27-24-,28-25-,31-30-,34-33-,44-26-. The first-order valence-corrected chi connectivity index (χ1v) is 33.6. The zero-order chi connectivity index (χ0) is 56.4. The molecule has 1 atom stereocenters. The van der Waals surface area contributed by atoms with Gasteiger partial charge in [0, 0.05) is 19.3 Å². The van der Waals surface area contributed by atoms with Gasteiger partial charge in [0.25, 0.3) is 0 Å². The Morgan fingerprint density at radius 1 is 0.269 bits per heavy atom. The highest BCUT2D eigenvalue weighted by molar-refractivity contribution is 5.71. The molecule has 0 N–H and O–H groups in total. The average Bonchev–Trinajstić information content (AvgIpc) is 3.44. The summed E-state index contributed by atoms with van der Waals surface area (Å²) in [6.07, 6.45) is 87.4. The first-order chi connectivity index (χ1) is 38.5.